The maximum atomic E-state index is 10.1. The number of aryl methyl sites for hydroxylation is 1. The lowest BCUT2D eigenvalue weighted by molar-refractivity contribution is 0.281. The van der Waals surface area contributed by atoms with Crippen molar-refractivity contribution in [2.24, 2.45) is 0 Å². The smallest absolute Gasteiger partial charge is 0.226 e. The molecule has 2 aromatic carbocycles. The third-order valence-corrected chi connectivity index (χ3v) is 5.41. The van der Waals surface area contributed by atoms with Crippen LogP contribution in [0.25, 0.3) is 10.9 Å². The maximum absolute atomic E-state index is 10.1. The van der Waals surface area contributed by atoms with Crippen LogP contribution in [0.5, 0.6) is 11.5 Å². The van der Waals surface area contributed by atoms with Gasteiger partial charge in [0.05, 0.1) is 17.8 Å². The van der Waals surface area contributed by atoms with Crippen LogP contribution < -0.4 is 9.64 Å². The molecule has 2 heterocycles. The van der Waals surface area contributed by atoms with Gasteiger partial charge in [0, 0.05) is 43.7 Å². The lowest BCUT2D eigenvalue weighted by atomic mass is 10.2. The molecular weight excluding hydrogens is 364 g/mol. The zero-order chi connectivity index (χ0) is 20.2. The van der Waals surface area contributed by atoms with Gasteiger partial charge in [0.1, 0.15) is 11.5 Å². The van der Waals surface area contributed by atoms with E-state index in [0.717, 1.165) is 73.0 Å². The first-order valence-electron chi connectivity index (χ1n) is 10.3. The van der Waals surface area contributed by atoms with E-state index in [9.17, 15) is 5.11 Å². The summed E-state index contributed by atoms with van der Waals surface area (Å²) in [7, 11) is 0. The normalized spacial score (nSPS) is 15.4. The van der Waals surface area contributed by atoms with Crippen LogP contribution in [0.3, 0.4) is 0 Å². The average Bonchev–Trinajstić information content (AvgIpc) is 2.96. The molecule has 0 atom stereocenters. The Morgan fingerprint density at radius 2 is 1.90 bits per heavy atom. The molecule has 1 aromatic heterocycles. The Kier molecular flexibility index (Phi) is 5.81. The number of hydrogen-bond donors (Lipinski definition) is 1. The number of benzene rings is 2. The molecule has 0 unspecified atom stereocenters. The number of phenolic OH excluding ortho intramolecular Hbond substituents is 1. The number of phenols is 1. The molecule has 0 radical (unpaired) electrons. The summed E-state index contributed by atoms with van der Waals surface area (Å²) in [5.74, 6) is 2.02. The molecule has 0 spiro atoms. The fourth-order valence-corrected chi connectivity index (χ4v) is 3.86. The predicted octanol–water partition coefficient (Wildman–Crippen LogP) is 3.75. The monoisotopic (exact) mass is 392 g/mol. The number of nitrogens with zero attached hydrogens (tertiary/aromatic N) is 4. The van der Waals surface area contributed by atoms with E-state index in [-0.39, 0.29) is 0 Å². The lowest BCUT2D eigenvalue weighted by Crippen LogP contribution is -2.31. The van der Waals surface area contributed by atoms with E-state index in [0.29, 0.717) is 12.4 Å². The van der Waals surface area contributed by atoms with E-state index in [1.54, 1.807) is 6.07 Å². The van der Waals surface area contributed by atoms with Crippen LogP contribution in [0.15, 0.2) is 42.5 Å². The summed E-state index contributed by atoms with van der Waals surface area (Å²) in [5, 5.41) is 11.1. The van der Waals surface area contributed by atoms with Crippen molar-refractivity contribution >= 4 is 16.9 Å². The Morgan fingerprint density at radius 3 is 2.72 bits per heavy atom. The molecule has 1 saturated heterocycles. The first-order valence-corrected chi connectivity index (χ1v) is 10.3. The Bertz CT molecular complexity index is 992. The second-order valence-electron chi connectivity index (χ2n) is 7.47. The first-order chi connectivity index (χ1) is 14.1. The van der Waals surface area contributed by atoms with Crippen LogP contribution in [-0.4, -0.2) is 52.8 Å². The van der Waals surface area contributed by atoms with Gasteiger partial charge in [0.15, 0.2) is 0 Å². The highest BCUT2D eigenvalue weighted by atomic mass is 16.5. The molecule has 3 aromatic rings. The summed E-state index contributed by atoms with van der Waals surface area (Å²) in [6.45, 7) is 9.14. The summed E-state index contributed by atoms with van der Waals surface area (Å²) >= 11 is 0. The molecule has 4 rings (SSSR count). The third-order valence-electron chi connectivity index (χ3n) is 5.41. The molecule has 0 saturated carbocycles. The highest BCUT2D eigenvalue weighted by molar-refractivity contribution is 5.83. The van der Waals surface area contributed by atoms with Gasteiger partial charge in [0.2, 0.25) is 5.95 Å². The van der Waals surface area contributed by atoms with Gasteiger partial charge >= 0.3 is 0 Å². The molecule has 1 aliphatic heterocycles. The van der Waals surface area contributed by atoms with Gasteiger partial charge in [0.25, 0.3) is 0 Å². The Morgan fingerprint density at radius 1 is 1.03 bits per heavy atom. The topological polar surface area (TPSA) is 61.7 Å². The fourth-order valence-electron chi connectivity index (χ4n) is 3.86. The van der Waals surface area contributed by atoms with E-state index < -0.39 is 0 Å². The van der Waals surface area contributed by atoms with Gasteiger partial charge < -0.3 is 14.7 Å². The van der Waals surface area contributed by atoms with Crippen LogP contribution in [0.1, 0.15) is 24.6 Å². The third kappa shape index (κ3) is 4.43. The number of aromatic hydroxyl groups is 1. The fraction of sp³-hybridized carbons (Fsp3) is 0.391. The summed E-state index contributed by atoms with van der Waals surface area (Å²) < 4.78 is 5.61. The van der Waals surface area contributed by atoms with Crippen molar-refractivity contribution in [1.29, 1.82) is 0 Å². The van der Waals surface area contributed by atoms with E-state index in [1.807, 2.05) is 50.2 Å². The SMILES string of the molecule is CCOc1ccc2nc(N3CCCN(Cc4ccccc4O)CC3)nc(C)c2c1. The predicted molar refractivity (Wildman–Crippen MR) is 116 cm³/mol. The summed E-state index contributed by atoms with van der Waals surface area (Å²) in [6.07, 6.45) is 1.04. The Balaban J connectivity index is 1.49. The second kappa shape index (κ2) is 8.66. The number of ether oxygens (including phenoxy) is 1. The van der Waals surface area contributed by atoms with Gasteiger partial charge in [-0.15, -0.1) is 0 Å². The van der Waals surface area contributed by atoms with Crippen LogP contribution >= 0.6 is 0 Å². The second-order valence-corrected chi connectivity index (χ2v) is 7.47. The minimum absolute atomic E-state index is 0.369. The molecule has 152 valence electrons. The molecule has 0 aliphatic carbocycles. The van der Waals surface area contributed by atoms with Crippen molar-refractivity contribution in [3.63, 3.8) is 0 Å². The van der Waals surface area contributed by atoms with Crippen LogP contribution in [-0.2, 0) is 6.54 Å². The molecule has 1 aliphatic rings. The number of anilines is 1. The summed E-state index contributed by atoms with van der Waals surface area (Å²) in [5.41, 5.74) is 2.90. The van der Waals surface area contributed by atoms with Gasteiger partial charge in [-0.05, 0) is 44.5 Å². The van der Waals surface area contributed by atoms with E-state index in [4.69, 9.17) is 14.7 Å². The molecular formula is C23H28N4O2. The highest BCUT2D eigenvalue weighted by Gasteiger charge is 2.19. The van der Waals surface area contributed by atoms with Crippen LogP contribution in [0, 0.1) is 6.92 Å². The van der Waals surface area contributed by atoms with Gasteiger partial charge in [-0.3, -0.25) is 4.90 Å². The first kappa shape index (κ1) is 19.5. The van der Waals surface area contributed by atoms with Crippen molar-refractivity contribution < 1.29 is 9.84 Å². The van der Waals surface area contributed by atoms with Gasteiger partial charge in [-0.2, -0.15) is 0 Å². The molecule has 0 bridgehead atoms. The number of aromatic nitrogens is 2. The van der Waals surface area contributed by atoms with E-state index >= 15 is 0 Å². The molecule has 29 heavy (non-hydrogen) atoms. The number of hydrogen-bond acceptors (Lipinski definition) is 6. The van der Waals surface area contributed by atoms with Gasteiger partial charge in [-0.25, -0.2) is 9.97 Å². The average molecular weight is 393 g/mol. The molecule has 6 nitrogen and oxygen atoms in total. The minimum atomic E-state index is 0.369. The standard InChI is InChI=1S/C23H28N4O2/c1-3-29-19-9-10-21-20(15-19)17(2)24-23(25-21)27-12-6-11-26(13-14-27)16-18-7-4-5-8-22(18)28/h4-5,7-10,15,28H,3,6,11-14,16H2,1-2H3. The zero-order valence-electron chi connectivity index (χ0n) is 17.1. The van der Waals surface area contributed by atoms with Crippen molar-refractivity contribution in [2.75, 3.05) is 37.7 Å². The highest BCUT2D eigenvalue weighted by Crippen LogP contribution is 2.25. The van der Waals surface area contributed by atoms with E-state index in [2.05, 4.69) is 9.80 Å². The van der Waals surface area contributed by atoms with Crippen molar-refractivity contribution in [3.05, 3.63) is 53.7 Å². The number of para-hydroxylation sites is 1. The molecule has 0 amide bonds. The van der Waals surface area contributed by atoms with Crippen molar-refractivity contribution in [3.8, 4) is 11.5 Å². The number of rotatable bonds is 5. The Labute approximate surface area is 171 Å². The summed E-state index contributed by atoms with van der Waals surface area (Å²) in [6, 6.07) is 13.6. The van der Waals surface area contributed by atoms with Crippen molar-refractivity contribution in [1.82, 2.24) is 14.9 Å². The summed E-state index contributed by atoms with van der Waals surface area (Å²) in [4.78, 5) is 14.3. The van der Waals surface area contributed by atoms with Crippen molar-refractivity contribution in [2.45, 2.75) is 26.8 Å². The Hall–Kier alpha value is -2.86. The lowest BCUT2D eigenvalue weighted by Gasteiger charge is -2.23. The zero-order valence-corrected chi connectivity index (χ0v) is 17.1. The molecule has 1 N–H and O–H groups in total. The quantitative estimate of drug-likeness (QED) is 0.713. The molecule has 1 fully saturated rings. The van der Waals surface area contributed by atoms with Crippen LogP contribution in [0.4, 0.5) is 5.95 Å². The number of fused-ring (bicyclic) bond motifs is 1. The maximum Gasteiger partial charge on any atom is 0.226 e. The van der Waals surface area contributed by atoms with E-state index in [1.165, 1.54) is 0 Å². The minimum Gasteiger partial charge on any atom is -0.508 e. The van der Waals surface area contributed by atoms with Crippen LogP contribution in [0.2, 0.25) is 0 Å². The largest absolute Gasteiger partial charge is 0.508 e. The van der Waals surface area contributed by atoms with Gasteiger partial charge in [-0.1, -0.05) is 18.2 Å². The molecule has 6 heteroatoms.